The number of rotatable bonds is 6. The summed E-state index contributed by atoms with van der Waals surface area (Å²) in [5.74, 6) is 0.416. The normalized spacial score (nSPS) is 18.1. The smallest absolute Gasteiger partial charge is 0.352 e. The van der Waals surface area contributed by atoms with Gasteiger partial charge in [0.1, 0.15) is 0 Å². The molecule has 3 rings (SSSR count). The average molecular weight is 422 g/mol. The number of amides is 2. The number of piperidine rings is 1. The predicted octanol–water partition coefficient (Wildman–Crippen LogP) is 4.84. The third-order valence-electron chi connectivity index (χ3n) is 5.99. The molecule has 1 aromatic rings. The minimum Gasteiger partial charge on any atom is -0.352 e. The monoisotopic (exact) mass is 422 g/mol. The van der Waals surface area contributed by atoms with Crippen molar-refractivity contribution in [2.75, 3.05) is 13.1 Å². The van der Waals surface area contributed by atoms with Crippen LogP contribution in [0.3, 0.4) is 0 Å². The van der Waals surface area contributed by atoms with Crippen LogP contribution < -0.4 is 5.32 Å². The van der Waals surface area contributed by atoms with E-state index in [0.29, 0.717) is 17.9 Å². The largest absolute Gasteiger partial charge is 0.416 e. The van der Waals surface area contributed by atoms with Crippen molar-refractivity contribution < 1.29 is 22.8 Å². The molecule has 1 aliphatic carbocycles. The first kappa shape index (κ1) is 22.4. The lowest BCUT2D eigenvalue weighted by Crippen LogP contribution is -2.39. The van der Waals surface area contributed by atoms with E-state index in [0.717, 1.165) is 75.7 Å². The highest BCUT2D eigenvalue weighted by molar-refractivity contribution is 5.93. The zero-order valence-corrected chi connectivity index (χ0v) is 17.1. The maximum atomic E-state index is 12.8. The number of hydrogen-bond donors (Lipinski definition) is 1. The second kappa shape index (κ2) is 10.1. The van der Waals surface area contributed by atoms with Crippen molar-refractivity contribution in [3.05, 3.63) is 47.0 Å². The van der Waals surface area contributed by atoms with Crippen LogP contribution in [0, 0.1) is 5.92 Å². The molecular weight excluding hydrogens is 393 g/mol. The zero-order chi connectivity index (χ0) is 21.6. The molecule has 0 spiro atoms. The highest BCUT2D eigenvalue weighted by Gasteiger charge is 2.30. The summed E-state index contributed by atoms with van der Waals surface area (Å²) in [4.78, 5) is 26.6. The predicted molar refractivity (Wildman–Crippen MR) is 108 cm³/mol. The lowest BCUT2D eigenvalue weighted by Gasteiger charge is -2.33. The van der Waals surface area contributed by atoms with E-state index in [1.54, 1.807) is 6.07 Å². The number of nitrogens with one attached hydrogen (secondary N) is 1. The fraction of sp³-hybridized carbons (Fsp3) is 0.565. The van der Waals surface area contributed by atoms with Gasteiger partial charge in [-0.25, -0.2) is 0 Å². The van der Waals surface area contributed by atoms with Crippen molar-refractivity contribution in [2.45, 2.75) is 64.1 Å². The molecule has 1 saturated heterocycles. The molecule has 2 aliphatic rings. The Hall–Kier alpha value is -2.31. The molecule has 0 saturated carbocycles. The van der Waals surface area contributed by atoms with E-state index in [4.69, 9.17) is 0 Å². The minimum atomic E-state index is -4.39. The first-order chi connectivity index (χ1) is 14.3. The van der Waals surface area contributed by atoms with E-state index in [9.17, 15) is 22.8 Å². The van der Waals surface area contributed by atoms with E-state index in [2.05, 4.69) is 11.4 Å². The van der Waals surface area contributed by atoms with Crippen LogP contribution in [-0.4, -0.2) is 29.8 Å². The molecule has 0 bridgehead atoms. The Morgan fingerprint density at radius 3 is 2.57 bits per heavy atom. The Bertz CT molecular complexity index is 781. The Kier molecular flexibility index (Phi) is 7.56. The summed E-state index contributed by atoms with van der Waals surface area (Å²) in [7, 11) is 0. The molecule has 1 aromatic carbocycles. The van der Waals surface area contributed by atoms with E-state index in [1.807, 2.05) is 4.90 Å². The highest BCUT2D eigenvalue weighted by Crippen LogP contribution is 2.29. The van der Waals surface area contributed by atoms with Gasteiger partial charge >= 0.3 is 6.18 Å². The number of hydrogen-bond acceptors (Lipinski definition) is 2. The van der Waals surface area contributed by atoms with Crippen molar-refractivity contribution in [3.63, 3.8) is 0 Å². The summed E-state index contributed by atoms with van der Waals surface area (Å²) in [6.07, 6.45) is 4.68. The third-order valence-corrected chi connectivity index (χ3v) is 5.99. The number of benzene rings is 1. The highest BCUT2D eigenvalue weighted by atomic mass is 19.4. The van der Waals surface area contributed by atoms with Crippen LogP contribution in [0.15, 0.2) is 35.9 Å². The van der Waals surface area contributed by atoms with E-state index >= 15 is 0 Å². The van der Waals surface area contributed by atoms with E-state index in [-0.39, 0.29) is 18.4 Å². The number of carbonyl (C=O) groups is 2. The maximum Gasteiger partial charge on any atom is 0.416 e. The second-order valence-corrected chi connectivity index (χ2v) is 8.22. The summed E-state index contributed by atoms with van der Waals surface area (Å²) in [6.45, 7) is 1.55. The molecule has 164 valence electrons. The fourth-order valence-corrected chi connectivity index (χ4v) is 4.14. The number of likely N-dealkylation sites (tertiary alicyclic amines) is 1. The molecule has 30 heavy (non-hydrogen) atoms. The number of nitrogens with zero attached hydrogens (tertiary/aromatic N) is 1. The lowest BCUT2D eigenvalue weighted by atomic mass is 9.91. The van der Waals surface area contributed by atoms with Gasteiger partial charge in [0.25, 0.3) is 0 Å². The van der Waals surface area contributed by atoms with Gasteiger partial charge in [0.15, 0.2) is 0 Å². The molecule has 0 radical (unpaired) electrons. The second-order valence-electron chi connectivity index (χ2n) is 8.22. The first-order valence-electron chi connectivity index (χ1n) is 10.7. The zero-order valence-electron chi connectivity index (χ0n) is 17.1. The van der Waals surface area contributed by atoms with Crippen LogP contribution in [0.4, 0.5) is 13.2 Å². The summed E-state index contributed by atoms with van der Waals surface area (Å²) in [5.41, 5.74) is 0.676. The summed E-state index contributed by atoms with van der Waals surface area (Å²) in [5, 5.41) is 2.71. The van der Waals surface area contributed by atoms with Crippen molar-refractivity contribution in [3.8, 4) is 0 Å². The molecule has 2 amide bonds. The molecule has 0 atom stereocenters. The van der Waals surface area contributed by atoms with Crippen LogP contribution in [0.2, 0.25) is 0 Å². The van der Waals surface area contributed by atoms with E-state index in [1.165, 1.54) is 6.07 Å². The van der Waals surface area contributed by atoms with Gasteiger partial charge in [-0.2, -0.15) is 13.2 Å². The van der Waals surface area contributed by atoms with Crippen LogP contribution in [-0.2, 0) is 22.3 Å². The molecule has 1 aliphatic heterocycles. The number of halogens is 3. The minimum absolute atomic E-state index is 0.0881. The average Bonchev–Trinajstić information content (AvgIpc) is 2.76. The quantitative estimate of drug-likeness (QED) is 0.713. The van der Waals surface area contributed by atoms with Crippen molar-refractivity contribution >= 4 is 11.8 Å². The van der Waals surface area contributed by atoms with Gasteiger partial charge in [-0.1, -0.05) is 18.2 Å². The standard InChI is InChI=1S/C23H29F3N2O2/c24-23(25,26)20-8-4-5-18(15-20)16-27-21(29)10-9-17-11-13-28(14-12-17)22(30)19-6-2-1-3-7-19/h4-6,8,15,17H,1-3,7,9-14,16H2,(H,27,29). The van der Waals surface area contributed by atoms with Gasteiger partial charge in [-0.15, -0.1) is 0 Å². The Morgan fingerprint density at radius 2 is 1.90 bits per heavy atom. The lowest BCUT2D eigenvalue weighted by molar-refractivity contribution is -0.137. The summed E-state index contributed by atoms with van der Waals surface area (Å²) in [6, 6.07) is 5.01. The number of allylic oxidation sites excluding steroid dienone is 1. The number of carbonyl (C=O) groups excluding carboxylic acids is 2. The van der Waals surface area contributed by atoms with Gasteiger partial charge in [0.05, 0.1) is 5.56 Å². The molecule has 7 heteroatoms. The Labute approximate surface area is 175 Å². The molecule has 1 fully saturated rings. The Balaban J connectivity index is 1.37. The molecule has 0 aromatic heterocycles. The fourth-order valence-electron chi connectivity index (χ4n) is 4.14. The van der Waals surface area contributed by atoms with Crippen molar-refractivity contribution in [1.82, 2.24) is 10.2 Å². The van der Waals surface area contributed by atoms with Crippen LogP contribution in [0.1, 0.15) is 62.5 Å². The van der Waals surface area contributed by atoms with Crippen LogP contribution >= 0.6 is 0 Å². The number of alkyl halides is 3. The van der Waals surface area contributed by atoms with Gasteiger partial charge < -0.3 is 10.2 Å². The Morgan fingerprint density at radius 1 is 1.13 bits per heavy atom. The third kappa shape index (κ3) is 6.34. The van der Waals surface area contributed by atoms with Gasteiger partial charge in [0, 0.05) is 31.6 Å². The topological polar surface area (TPSA) is 49.4 Å². The van der Waals surface area contributed by atoms with Crippen LogP contribution in [0.25, 0.3) is 0 Å². The maximum absolute atomic E-state index is 12.8. The van der Waals surface area contributed by atoms with Gasteiger partial charge in [0.2, 0.25) is 11.8 Å². The SMILES string of the molecule is O=C(CCC1CCN(C(=O)C2=CCCCC2)CC1)NCc1cccc(C(F)(F)F)c1. The molecule has 4 nitrogen and oxygen atoms in total. The summed E-state index contributed by atoms with van der Waals surface area (Å²) < 4.78 is 38.3. The van der Waals surface area contributed by atoms with Crippen molar-refractivity contribution in [1.29, 1.82) is 0 Å². The molecule has 1 heterocycles. The van der Waals surface area contributed by atoms with Crippen molar-refractivity contribution in [2.24, 2.45) is 5.92 Å². The summed E-state index contributed by atoms with van der Waals surface area (Å²) >= 11 is 0. The van der Waals surface area contributed by atoms with Crippen LogP contribution in [0.5, 0.6) is 0 Å². The molecular formula is C23H29F3N2O2. The first-order valence-corrected chi connectivity index (χ1v) is 10.7. The van der Waals surface area contributed by atoms with E-state index < -0.39 is 11.7 Å². The van der Waals surface area contributed by atoms with Gasteiger partial charge in [-0.3, -0.25) is 9.59 Å². The van der Waals surface area contributed by atoms with Gasteiger partial charge in [-0.05, 0) is 68.6 Å². The molecule has 1 N–H and O–H groups in total. The molecule has 0 unspecified atom stereocenters.